The average Bonchev–Trinajstić information content (AvgIpc) is 2.32. The smallest absolute Gasteiger partial charge is 0.126 e. The lowest BCUT2D eigenvalue weighted by atomic mass is 10.1. The highest BCUT2D eigenvalue weighted by molar-refractivity contribution is 9.10. The van der Waals surface area contributed by atoms with E-state index in [0.717, 1.165) is 29.8 Å². The predicted octanol–water partition coefficient (Wildman–Crippen LogP) is 4.00. The van der Waals surface area contributed by atoms with Crippen LogP contribution in [0.2, 0.25) is 0 Å². The summed E-state index contributed by atoms with van der Waals surface area (Å²) in [6, 6.07) is 4.23. The molecule has 4 heteroatoms. The fourth-order valence-corrected chi connectivity index (χ4v) is 3.04. The maximum atomic E-state index is 5.95. The summed E-state index contributed by atoms with van der Waals surface area (Å²) in [7, 11) is 1.96. The summed E-state index contributed by atoms with van der Waals surface area (Å²) in [4.78, 5) is 0. The molecule has 0 aromatic heterocycles. The molecular formula is C14H22BrNOS. The lowest BCUT2D eigenvalue weighted by molar-refractivity contribution is 0.312. The first-order valence-corrected chi connectivity index (χ1v) is 8.28. The van der Waals surface area contributed by atoms with Gasteiger partial charge in [-0.05, 0) is 49.6 Å². The fourth-order valence-electron chi connectivity index (χ4n) is 1.81. The lowest BCUT2D eigenvalue weighted by Gasteiger charge is -2.14. The molecule has 0 radical (unpaired) electrons. The quantitative estimate of drug-likeness (QED) is 0.727. The van der Waals surface area contributed by atoms with E-state index in [1.165, 1.54) is 22.6 Å². The zero-order valence-corrected chi connectivity index (χ0v) is 13.8. The minimum absolute atomic E-state index is 0.798. The van der Waals surface area contributed by atoms with Crippen molar-refractivity contribution in [1.29, 1.82) is 0 Å². The van der Waals surface area contributed by atoms with Crippen molar-refractivity contribution in [1.82, 2.24) is 5.32 Å². The molecule has 0 bridgehead atoms. The highest BCUT2D eigenvalue weighted by Gasteiger charge is 2.08. The molecule has 0 saturated heterocycles. The Hall–Kier alpha value is -0.190. The van der Waals surface area contributed by atoms with Gasteiger partial charge in [-0.3, -0.25) is 0 Å². The second kappa shape index (κ2) is 8.83. The third kappa shape index (κ3) is 5.21. The summed E-state index contributed by atoms with van der Waals surface area (Å²) >= 11 is 5.50. The van der Waals surface area contributed by atoms with Crippen LogP contribution in [-0.2, 0) is 6.54 Å². The van der Waals surface area contributed by atoms with Crippen molar-refractivity contribution >= 4 is 27.7 Å². The van der Waals surface area contributed by atoms with Crippen LogP contribution < -0.4 is 10.1 Å². The standard InChI is InChI=1S/C14H22BrNOS/c1-4-18-7-5-6-17-14-11(2)8-13(15)9-12(14)10-16-3/h8-9,16H,4-7,10H2,1-3H3. The highest BCUT2D eigenvalue weighted by Crippen LogP contribution is 2.28. The van der Waals surface area contributed by atoms with Gasteiger partial charge in [0.2, 0.25) is 0 Å². The van der Waals surface area contributed by atoms with Gasteiger partial charge in [0, 0.05) is 16.6 Å². The molecule has 1 N–H and O–H groups in total. The van der Waals surface area contributed by atoms with E-state index in [0.29, 0.717) is 0 Å². The molecule has 0 heterocycles. The van der Waals surface area contributed by atoms with Gasteiger partial charge >= 0.3 is 0 Å². The van der Waals surface area contributed by atoms with Gasteiger partial charge < -0.3 is 10.1 Å². The molecule has 0 aliphatic rings. The second-order valence-electron chi connectivity index (χ2n) is 4.14. The minimum Gasteiger partial charge on any atom is -0.493 e. The van der Waals surface area contributed by atoms with Gasteiger partial charge in [0.15, 0.2) is 0 Å². The summed E-state index contributed by atoms with van der Waals surface area (Å²) in [6.07, 6.45) is 1.10. The summed E-state index contributed by atoms with van der Waals surface area (Å²) in [6.45, 7) is 5.92. The summed E-state index contributed by atoms with van der Waals surface area (Å²) in [5.41, 5.74) is 2.41. The van der Waals surface area contributed by atoms with E-state index in [9.17, 15) is 0 Å². The van der Waals surface area contributed by atoms with Crippen LogP contribution in [0.3, 0.4) is 0 Å². The van der Waals surface area contributed by atoms with E-state index in [4.69, 9.17) is 4.74 Å². The maximum absolute atomic E-state index is 5.95. The molecule has 0 fully saturated rings. The van der Waals surface area contributed by atoms with E-state index in [1.54, 1.807) is 0 Å². The first-order valence-electron chi connectivity index (χ1n) is 6.33. The van der Waals surface area contributed by atoms with Gasteiger partial charge in [0.25, 0.3) is 0 Å². The Labute approximate surface area is 123 Å². The lowest BCUT2D eigenvalue weighted by Crippen LogP contribution is -2.09. The molecular weight excluding hydrogens is 310 g/mol. The molecule has 1 rings (SSSR count). The van der Waals surface area contributed by atoms with Crippen LogP contribution in [0.1, 0.15) is 24.5 Å². The Morgan fingerprint density at radius 2 is 2.17 bits per heavy atom. The van der Waals surface area contributed by atoms with E-state index in [1.807, 2.05) is 18.8 Å². The number of hydrogen-bond acceptors (Lipinski definition) is 3. The number of ether oxygens (including phenoxy) is 1. The van der Waals surface area contributed by atoms with Crippen LogP contribution in [0, 0.1) is 6.92 Å². The molecule has 0 aliphatic carbocycles. The SMILES string of the molecule is CCSCCCOc1c(C)cc(Br)cc1CNC. The third-order valence-electron chi connectivity index (χ3n) is 2.57. The van der Waals surface area contributed by atoms with Crippen molar-refractivity contribution in [3.05, 3.63) is 27.7 Å². The van der Waals surface area contributed by atoms with E-state index in [2.05, 4.69) is 47.2 Å². The van der Waals surface area contributed by atoms with Crippen molar-refractivity contribution in [2.45, 2.75) is 26.8 Å². The van der Waals surface area contributed by atoms with Gasteiger partial charge in [-0.15, -0.1) is 0 Å². The largest absolute Gasteiger partial charge is 0.493 e. The molecule has 0 aliphatic heterocycles. The van der Waals surface area contributed by atoms with E-state index < -0.39 is 0 Å². The summed E-state index contributed by atoms with van der Waals surface area (Å²) in [5.74, 6) is 3.39. The number of nitrogens with one attached hydrogen (secondary N) is 1. The molecule has 102 valence electrons. The topological polar surface area (TPSA) is 21.3 Å². The van der Waals surface area contributed by atoms with Gasteiger partial charge in [-0.25, -0.2) is 0 Å². The van der Waals surface area contributed by atoms with Crippen molar-refractivity contribution < 1.29 is 4.74 Å². The van der Waals surface area contributed by atoms with Crippen LogP contribution in [0.25, 0.3) is 0 Å². The molecule has 0 atom stereocenters. The van der Waals surface area contributed by atoms with Crippen LogP contribution >= 0.6 is 27.7 Å². The zero-order chi connectivity index (χ0) is 13.4. The number of hydrogen-bond donors (Lipinski definition) is 1. The van der Waals surface area contributed by atoms with E-state index >= 15 is 0 Å². The first-order chi connectivity index (χ1) is 8.69. The normalized spacial score (nSPS) is 10.7. The van der Waals surface area contributed by atoms with Gasteiger partial charge in [0.05, 0.1) is 6.61 Å². The average molecular weight is 332 g/mol. The second-order valence-corrected chi connectivity index (χ2v) is 6.45. The molecule has 0 unspecified atom stereocenters. The molecule has 1 aromatic rings. The summed E-state index contributed by atoms with van der Waals surface area (Å²) < 4.78 is 7.06. The molecule has 0 spiro atoms. The predicted molar refractivity (Wildman–Crippen MR) is 84.8 cm³/mol. The zero-order valence-electron chi connectivity index (χ0n) is 11.4. The van der Waals surface area contributed by atoms with Crippen LogP contribution in [-0.4, -0.2) is 25.2 Å². The number of benzene rings is 1. The van der Waals surface area contributed by atoms with Crippen molar-refractivity contribution in [2.24, 2.45) is 0 Å². The summed E-state index contributed by atoms with van der Waals surface area (Å²) in [5, 5.41) is 3.18. The molecule has 18 heavy (non-hydrogen) atoms. The minimum atomic E-state index is 0.798. The maximum Gasteiger partial charge on any atom is 0.126 e. The van der Waals surface area contributed by atoms with Gasteiger partial charge in [0.1, 0.15) is 5.75 Å². The first kappa shape index (κ1) is 15.9. The molecule has 0 saturated carbocycles. The van der Waals surface area contributed by atoms with Crippen molar-refractivity contribution in [3.63, 3.8) is 0 Å². The Balaban J connectivity index is 2.62. The molecule has 0 amide bonds. The van der Waals surface area contributed by atoms with Crippen molar-refractivity contribution in [2.75, 3.05) is 25.2 Å². The highest BCUT2D eigenvalue weighted by atomic mass is 79.9. The van der Waals surface area contributed by atoms with Crippen LogP contribution in [0.5, 0.6) is 5.75 Å². The number of rotatable bonds is 8. The number of thioether (sulfide) groups is 1. The van der Waals surface area contributed by atoms with Crippen LogP contribution in [0.15, 0.2) is 16.6 Å². The van der Waals surface area contributed by atoms with Gasteiger partial charge in [-0.2, -0.15) is 11.8 Å². The molecule has 2 nitrogen and oxygen atoms in total. The van der Waals surface area contributed by atoms with E-state index in [-0.39, 0.29) is 0 Å². The number of halogens is 1. The van der Waals surface area contributed by atoms with Crippen molar-refractivity contribution in [3.8, 4) is 5.75 Å². The fraction of sp³-hybridized carbons (Fsp3) is 0.571. The Morgan fingerprint density at radius 1 is 1.39 bits per heavy atom. The van der Waals surface area contributed by atoms with Crippen LogP contribution in [0.4, 0.5) is 0 Å². The van der Waals surface area contributed by atoms with Gasteiger partial charge in [-0.1, -0.05) is 22.9 Å². The monoisotopic (exact) mass is 331 g/mol. The molecule has 1 aromatic carbocycles. The third-order valence-corrected chi connectivity index (χ3v) is 4.01. The Kier molecular flexibility index (Phi) is 7.79. The number of aryl methyl sites for hydroxylation is 1. The Bertz CT molecular complexity index is 371. The Morgan fingerprint density at radius 3 is 2.83 bits per heavy atom.